The first-order valence-corrected chi connectivity index (χ1v) is 11.6. The van der Waals surface area contributed by atoms with E-state index in [0.29, 0.717) is 48.5 Å². The Morgan fingerprint density at radius 1 is 1.17 bits per heavy atom. The molecule has 4 rings (SSSR count). The zero-order valence-corrected chi connectivity index (χ0v) is 20.2. The van der Waals surface area contributed by atoms with Gasteiger partial charge in [0.2, 0.25) is 17.7 Å². The van der Waals surface area contributed by atoms with E-state index in [0.717, 1.165) is 26.3 Å². The van der Waals surface area contributed by atoms with Gasteiger partial charge in [-0.05, 0) is 24.3 Å². The smallest absolute Gasteiger partial charge is 0.254 e. The molecule has 186 valence electrons. The topological polar surface area (TPSA) is 112 Å². The summed E-state index contributed by atoms with van der Waals surface area (Å²) >= 11 is 5.96. The van der Waals surface area contributed by atoms with Crippen LogP contribution in [0.2, 0.25) is 5.02 Å². The molecule has 12 heteroatoms. The van der Waals surface area contributed by atoms with Crippen LogP contribution in [0.3, 0.4) is 0 Å². The zero-order chi connectivity index (χ0) is 24.6. The van der Waals surface area contributed by atoms with Gasteiger partial charge in [-0.2, -0.15) is 9.99 Å². The summed E-state index contributed by atoms with van der Waals surface area (Å²) in [5.74, 6) is 0.294. The lowest BCUT2D eigenvalue weighted by Gasteiger charge is -2.25. The predicted octanol–water partition coefficient (Wildman–Crippen LogP) is 1.71. The van der Waals surface area contributed by atoms with E-state index in [4.69, 9.17) is 21.1 Å². The normalized spacial score (nSPS) is 17.0. The van der Waals surface area contributed by atoms with Crippen LogP contribution in [-0.4, -0.2) is 96.3 Å². The van der Waals surface area contributed by atoms with E-state index in [1.54, 1.807) is 29.2 Å². The van der Waals surface area contributed by atoms with Crippen molar-refractivity contribution in [3.63, 3.8) is 0 Å². The average molecular weight is 502 g/mol. The van der Waals surface area contributed by atoms with Crippen molar-refractivity contribution >= 4 is 35.1 Å². The highest BCUT2D eigenvalue weighted by molar-refractivity contribution is 6.31. The number of rotatable bonds is 8. The number of hydrogen-bond acceptors (Lipinski definition) is 9. The van der Waals surface area contributed by atoms with Gasteiger partial charge in [-0.3, -0.25) is 19.9 Å². The highest BCUT2D eigenvalue weighted by Crippen LogP contribution is 2.22. The number of halogens is 1. The van der Waals surface area contributed by atoms with Crippen LogP contribution in [0.5, 0.6) is 5.88 Å². The second kappa shape index (κ2) is 11.9. The summed E-state index contributed by atoms with van der Waals surface area (Å²) in [6, 6.07) is 6.86. The Morgan fingerprint density at radius 2 is 1.94 bits per heavy atom. The van der Waals surface area contributed by atoms with Crippen LogP contribution in [0, 0.1) is 0 Å². The standard InChI is InChI=1S/C23H28ClN7O4/c1-34-21-19(24)15-25-23(27-21)28-31-10-9-30(16-31)22(33)17-4-6-18(7-5-17)26-20(32)3-2-8-29-11-13-35-14-12-29/h2-7,15H,8-14,16H2,1H3,(H,26,32)(H,25,27,28)/b3-2+. The third-order valence-corrected chi connectivity index (χ3v) is 5.83. The molecule has 0 saturated carbocycles. The number of hydrazine groups is 1. The number of anilines is 2. The van der Waals surface area contributed by atoms with E-state index >= 15 is 0 Å². The maximum absolute atomic E-state index is 12.9. The van der Waals surface area contributed by atoms with Crippen molar-refractivity contribution < 1.29 is 19.1 Å². The minimum Gasteiger partial charge on any atom is -0.480 e. The number of ether oxygens (including phenoxy) is 2. The number of methoxy groups -OCH3 is 1. The van der Waals surface area contributed by atoms with E-state index in [2.05, 4.69) is 25.6 Å². The van der Waals surface area contributed by atoms with Gasteiger partial charge in [0.15, 0.2) is 0 Å². The van der Waals surface area contributed by atoms with Gasteiger partial charge in [0.05, 0.1) is 33.2 Å². The van der Waals surface area contributed by atoms with Crippen molar-refractivity contribution in [2.24, 2.45) is 0 Å². The number of nitrogens with one attached hydrogen (secondary N) is 2. The van der Waals surface area contributed by atoms with Gasteiger partial charge < -0.3 is 19.7 Å². The molecule has 2 aliphatic rings. The average Bonchev–Trinajstić information content (AvgIpc) is 3.34. The molecule has 0 spiro atoms. The molecule has 2 amide bonds. The molecule has 2 aliphatic heterocycles. The van der Waals surface area contributed by atoms with Crippen molar-refractivity contribution in [1.82, 2.24) is 24.8 Å². The van der Waals surface area contributed by atoms with E-state index in [1.165, 1.54) is 19.4 Å². The molecule has 2 aromatic rings. The van der Waals surface area contributed by atoms with Crippen molar-refractivity contribution in [2.75, 3.05) is 70.5 Å². The highest BCUT2D eigenvalue weighted by Gasteiger charge is 2.26. The first kappa shape index (κ1) is 24.9. The van der Waals surface area contributed by atoms with Gasteiger partial charge >= 0.3 is 0 Å². The Hall–Kier alpha value is -3.25. The molecule has 2 fully saturated rings. The number of carbonyl (C=O) groups is 2. The van der Waals surface area contributed by atoms with Crippen LogP contribution in [0.4, 0.5) is 11.6 Å². The summed E-state index contributed by atoms with van der Waals surface area (Å²) < 4.78 is 10.4. The fraction of sp³-hybridized carbons (Fsp3) is 0.391. The van der Waals surface area contributed by atoms with E-state index in [9.17, 15) is 9.59 Å². The number of amides is 2. The van der Waals surface area contributed by atoms with Gasteiger partial charge in [0.25, 0.3) is 5.91 Å². The third-order valence-electron chi connectivity index (χ3n) is 5.57. The first-order valence-electron chi connectivity index (χ1n) is 11.3. The van der Waals surface area contributed by atoms with E-state index in [-0.39, 0.29) is 17.7 Å². The van der Waals surface area contributed by atoms with Gasteiger partial charge in [-0.25, -0.2) is 4.98 Å². The lowest BCUT2D eigenvalue weighted by molar-refractivity contribution is -0.111. The Bertz CT molecular complexity index is 1060. The predicted molar refractivity (Wildman–Crippen MR) is 131 cm³/mol. The monoisotopic (exact) mass is 501 g/mol. The summed E-state index contributed by atoms with van der Waals surface area (Å²) in [7, 11) is 1.48. The fourth-order valence-electron chi connectivity index (χ4n) is 3.69. The zero-order valence-electron chi connectivity index (χ0n) is 19.4. The molecule has 3 heterocycles. The van der Waals surface area contributed by atoms with Gasteiger partial charge in [0, 0.05) is 50.1 Å². The first-order chi connectivity index (χ1) is 17.0. The second-order valence-electron chi connectivity index (χ2n) is 8.02. The van der Waals surface area contributed by atoms with E-state index in [1.807, 2.05) is 11.1 Å². The van der Waals surface area contributed by atoms with Crippen LogP contribution in [0.1, 0.15) is 10.4 Å². The van der Waals surface area contributed by atoms with Crippen LogP contribution in [0.15, 0.2) is 42.6 Å². The molecular formula is C23H28ClN7O4. The van der Waals surface area contributed by atoms with Crippen LogP contribution >= 0.6 is 11.6 Å². The van der Waals surface area contributed by atoms with Crippen molar-refractivity contribution in [1.29, 1.82) is 0 Å². The molecule has 1 aromatic heterocycles. The number of carbonyl (C=O) groups excluding carboxylic acids is 2. The SMILES string of the molecule is COc1nc(NN2CCN(C(=O)c3ccc(NC(=O)/C=C/CN4CCOCC4)cc3)C2)ncc1Cl. The molecule has 11 nitrogen and oxygen atoms in total. The van der Waals surface area contributed by atoms with Gasteiger partial charge in [-0.15, -0.1) is 0 Å². The Labute approximate surface area is 208 Å². The highest BCUT2D eigenvalue weighted by atomic mass is 35.5. The molecule has 0 unspecified atom stereocenters. The number of nitrogens with zero attached hydrogens (tertiary/aromatic N) is 5. The van der Waals surface area contributed by atoms with Crippen LogP contribution < -0.4 is 15.5 Å². The minimum absolute atomic E-state index is 0.104. The number of aromatic nitrogens is 2. The van der Waals surface area contributed by atoms with Gasteiger partial charge in [-0.1, -0.05) is 17.7 Å². The number of hydrogen-bond donors (Lipinski definition) is 2. The Balaban J connectivity index is 1.25. The maximum atomic E-state index is 12.9. The summed E-state index contributed by atoms with van der Waals surface area (Å²) in [5.41, 5.74) is 4.23. The van der Waals surface area contributed by atoms with Crippen molar-refractivity contribution in [3.8, 4) is 5.88 Å². The largest absolute Gasteiger partial charge is 0.480 e. The minimum atomic E-state index is -0.209. The van der Waals surface area contributed by atoms with Crippen LogP contribution in [0.25, 0.3) is 0 Å². The molecule has 2 saturated heterocycles. The molecule has 0 radical (unpaired) electrons. The maximum Gasteiger partial charge on any atom is 0.254 e. The summed E-state index contributed by atoms with van der Waals surface area (Å²) in [5, 5.41) is 4.97. The molecule has 35 heavy (non-hydrogen) atoms. The summed E-state index contributed by atoms with van der Waals surface area (Å²) in [4.78, 5) is 37.3. The summed E-state index contributed by atoms with van der Waals surface area (Å²) in [6.07, 6.45) is 4.83. The van der Waals surface area contributed by atoms with Crippen molar-refractivity contribution in [3.05, 3.63) is 53.2 Å². The quantitative estimate of drug-likeness (QED) is 0.522. The Morgan fingerprint density at radius 3 is 2.69 bits per heavy atom. The van der Waals surface area contributed by atoms with Gasteiger partial charge in [0.1, 0.15) is 5.02 Å². The lowest BCUT2D eigenvalue weighted by atomic mass is 10.2. The third kappa shape index (κ3) is 6.89. The summed E-state index contributed by atoms with van der Waals surface area (Å²) in [6.45, 7) is 5.41. The Kier molecular flexibility index (Phi) is 8.48. The van der Waals surface area contributed by atoms with Crippen LogP contribution in [-0.2, 0) is 9.53 Å². The molecule has 0 bridgehead atoms. The molecule has 0 atom stereocenters. The molecule has 0 aliphatic carbocycles. The second-order valence-corrected chi connectivity index (χ2v) is 8.43. The molecule has 1 aromatic carbocycles. The lowest BCUT2D eigenvalue weighted by Crippen LogP contribution is -2.36. The van der Waals surface area contributed by atoms with Crippen molar-refractivity contribution in [2.45, 2.75) is 0 Å². The number of morpholine rings is 1. The number of benzene rings is 1. The molecular weight excluding hydrogens is 474 g/mol. The fourth-order valence-corrected chi connectivity index (χ4v) is 3.86. The van der Waals surface area contributed by atoms with E-state index < -0.39 is 0 Å². The molecule has 2 N–H and O–H groups in total.